The monoisotopic (exact) mass is 434 g/mol. The van der Waals surface area contributed by atoms with Gasteiger partial charge < -0.3 is 10.1 Å². The normalized spacial score (nSPS) is 10.7. The molecule has 0 radical (unpaired) electrons. The minimum atomic E-state index is -0.273. The Morgan fingerprint density at radius 1 is 0.788 bits per heavy atom. The number of carbonyl (C=O) groups excluding carboxylic acids is 2. The van der Waals surface area contributed by atoms with Crippen molar-refractivity contribution >= 4 is 29.5 Å². The highest BCUT2D eigenvalue weighted by Gasteiger charge is 2.09. The Morgan fingerprint density at radius 2 is 1.55 bits per heavy atom. The summed E-state index contributed by atoms with van der Waals surface area (Å²) in [6.45, 7) is -0.139. The minimum Gasteiger partial charge on any atom is -0.484 e. The van der Waals surface area contributed by atoms with Gasteiger partial charge in [-0.1, -0.05) is 54.6 Å². The first kappa shape index (κ1) is 21.7. The van der Waals surface area contributed by atoms with Crippen LogP contribution in [0.3, 0.4) is 0 Å². The van der Waals surface area contributed by atoms with Crippen LogP contribution in [0.5, 0.6) is 5.75 Å². The summed E-state index contributed by atoms with van der Waals surface area (Å²) in [4.78, 5) is 29.0. The van der Waals surface area contributed by atoms with Gasteiger partial charge in [-0.15, -0.1) is 0 Å². The Hall–Kier alpha value is -4.51. The first-order chi connectivity index (χ1) is 16.2. The van der Waals surface area contributed by atoms with Gasteiger partial charge in [0.2, 0.25) is 0 Å². The molecule has 0 saturated heterocycles. The van der Waals surface area contributed by atoms with Gasteiger partial charge in [0.15, 0.2) is 12.4 Å². The van der Waals surface area contributed by atoms with E-state index in [9.17, 15) is 9.59 Å². The van der Waals surface area contributed by atoms with Crippen molar-refractivity contribution in [2.45, 2.75) is 0 Å². The first-order valence-corrected chi connectivity index (χ1v) is 10.5. The number of ether oxygens (including phenoxy) is 1. The van der Waals surface area contributed by atoms with Crippen molar-refractivity contribution in [1.29, 1.82) is 0 Å². The number of amides is 1. The van der Waals surface area contributed by atoms with Crippen molar-refractivity contribution < 1.29 is 14.3 Å². The van der Waals surface area contributed by atoms with E-state index in [4.69, 9.17) is 4.74 Å². The van der Waals surface area contributed by atoms with E-state index >= 15 is 0 Å². The number of nitrogens with zero attached hydrogens (tertiary/aromatic N) is 1. The average molecular weight is 434 g/mol. The molecule has 5 heteroatoms. The molecule has 4 aromatic rings. The summed E-state index contributed by atoms with van der Waals surface area (Å²) in [5.41, 5.74) is 3.67. The number of hydrogen-bond donors (Lipinski definition) is 1. The molecular formula is C28H22N2O3. The lowest BCUT2D eigenvalue weighted by Crippen LogP contribution is -2.20. The highest BCUT2D eigenvalue weighted by molar-refractivity contribution is 6.09. The number of pyridine rings is 1. The average Bonchev–Trinajstić information content (AvgIpc) is 2.87. The fraction of sp³-hybridized carbons (Fsp3) is 0.0357. The van der Waals surface area contributed by atoms with Crippen LogP contribution in [0.25, 0.3) is 12.2 Å². The molecule has 3 aromatic carbocycles. The summed E-state index contributed by atoms with van der Waals surface area (Å²) in [5.74, 6) is 0.184. The van der Waals surface area contributed by atoms with Gasteiger partial charge in [-0.25, -0.2) is 0 Å². The van der Waals surface area contributed by atoms with Crippen molar-refractivity contribution in [3.63, 3.8) is 0 Å². The molecule has 1 amide bonds. The molecule has 0 aliphatic heterocycles. The highest BCUT2D eigenvalue weighted by atomic mass is 16.5. The number of ketones is 1. The zero-order valence-electron chi connectivity index (χ0n) is 17.8. The Morgan fingerprint density at radius 3 is 2.30 bits per heavy atom. The van der Waals surface area contributed by atoms with E-state index < -0.39 is 0 Å². The molecule has 0 atom stereocenters. The van der Waals surface area contributed by atoms with E-state index in [-0.39, 0.29) is 18.3 Å². The number of anilines is 1. The SMILES string of the molecule is O=C(COc1ccc(C(=O)c2ccccc2)cc1)Nc1cccc(/C=C/c2ccccn2)c1. The maximum atomic E-state index is 12.5. The second kappa shape index (κ2) is 10.7. The number of carbonyl (C=O) groups is 2. The third kappa shape index (κ3) is 6.24. The lowest BCUT2D eigenvalue weighted by atomic mass is 10.0. The molecule has 0 bridgehead atoms. The highest BCUT2D eigenvalue weighted by Crippen LogP contribution is 2.16. The van der Waals surface area contributed by atoms with Crippen LogP contribution in [0, 0.1) is 0 Å². The van der Waals surface area contributed by atoms with Gasteiger partial charge in [-0.05, 0) is 60.2 Å². The quantitative estimate of drug-likeness (QED) is 0.372. The second-order valence-electron chi connectivity index (χ2n) is 7.27. The van der Waals surface area contributed by atoms with Crippen molar-refractivity contribution in [2.24, 2.45) is 0 Å². The molecule has 1 heterocycles. The maximum absolute atomic E-state index is 12.5. The van der Waals surface area contributed by atoms with E-state index in [0.29, 0.717) is 22.6 Å². The molecule has 33 heavy (non-hydrogen) atoms. The van der Waals surface area contributed by atoms with Crippen molar-refractivity contribution in [2.75, 3.05) is 11.9 Å². The Labute approximate surface area is 192 Å². The number of benzene rings is 3. The van der Waals surface area contributed by atoms with E-state index in [1.165, 1.54) is 0 Å². The van der Waals surface area contributed by atoms with Crippen LogP contribution in [0.1, 0.15) is 27.2 Å². The fourth-order valence-electron chi connectivity index (χ4n) is 3.18. The van der Waals surface area contributed by atoms with Crippen LogP contribution in [0.4, 0.5) is 5.69 Å². The molecule has 0 saturated carbocycles. The van der Waals surface area contributed by atoms with E-state index in [1.54, 1.807) is 42.6 Å². The van der Waals surface area contributed by atoms with Gasteiger partial charge in [-0.2, -0.15) is 0 Å². The molecule has 1 N–H and O–H groups in total. The summed E-state index contributed by atoms with van der Waals surface area (Å²) in [6, 6.07) is 29.1. The van der Waals surface area contributed by atoms with Crippen LogP contribution >= 0.6 is 0 Å². The molecule has 1 aromatic heterocycles. The molecule has 4 rings (SSSR count). The van der Waals surface area contributed by atoms with Crippen LogP contribution < -0.4 is 10.1 Å². The summed E-state index contributed by atoms with van der Waals surface area (Å²) in [5, 5.41) is 2.83. The van der Waals surface area contributed by atoms with E-state index in [2.05, 4.69) is 10.3 Å². The van der Waals surface area contributed by atoms with Gasteiger partial charge >= 0.3 is 0 Å². The largest absolute Gasteiger partial charge is 0.484 e. The van der Waals surface area contributed by atoms with Crippen LogP contribution in [-0.4, -0.2) is 23.3 Å². The standard InChI is InChI=1S/C28H22N2O3/c31-27(30-25-11-6-7-21(19-25)12-15-24-10-4-5-18-29-24)20-33-26-16-13-23(14-17-26)28(32)22-8-2-1-3-9-22/h1-19H,20H2,(H,30,31)/b15-12+. The number of hydrogen-bond acceptors (Lipinski definition) is 4. The van der Waals surface area contributed by atoms with Crippen LogP contribution in [0.15, 0.2) is 103 Å². The lowest BCUT2D eigenvalue weighted by molar-refractivity contribution is -0.118. The van der Waals surface area contributed by atoms with Crippen LogP contribution in [0.2, 0.25) is 0 Å². The Bertz CT molecular complexity index is 1250. The molecule has 0 fully saturated rings. The minimum absolute atomic E-state index is 0.0585. The number of rotatable bonds is 8. The first-order valence-electron chi connectivity index (χ1n) is 10.5. The molecule has 0 unspecified atom stereocenters. The predicted molar refractivity (Wildman–Crippen MR) is 130 cm³/mol. The molecule has 0 aliphatic rings. The molecule has 5 nitrogen and oxygen atoms in total. The Kier molecular flexibility index (Phi) is 7.03. The summed E-state index contributed by atoms with van der Waals surface area (Å²) in [7, 11) is 0. The summed E-state index contributed by atoms with van der Waals surface area (Å²) in [6.07, 6.45) is 5.59. The maximum Gasteiger partial charge on any atom is 0.262 e. The van der Waals surface area contributed by atoms with Gasteiger partial charge in [0.25, 0.3) is 5.91 Å². The van der Waals surface area contributed by atoms with Gasteiger partial charge in [0.1, 0.15) is 5.75 Å². The summed E-state index contributed by atoms with van der Waals surface area (Å²) < 4.78 is 5.57. The molecule has 162 valence electrons. The summed E-state index contributed by atoms with van der Waals surface area (Å²) >= 11 is 0. The smallest absolute Gasteiger partial charge is 0.262 e. The van der Waals surface area contributed by atoms with Crippen molar-refractivity contribution in [1.82, 2.24) is 4.98 Å². The van der Waals surface area contributed by atoms with Gasteiger partial charge in [0.05, 0.1) is 5.69 Å². The Balaban J connectivity index is 1.30. The topological polar surface area (TPSA) is 68.3 Å². The zero-order valence-corrected chi connectivity index (χ0v) is 17.8. The number of nitrogens with one attached hydrogen (secondary N) is 1. The van der Waals surface area contributed by atoms with E-state index in [0.717, 1.165) is 11.3 Å². The molecular weight excluding hydrogens is 412 g/mol. The van der Waals surface area contributed by atoms with E-state index in [1.807, 2.05) is 72.8 Å². The van der Waals surface area contributed by atoms with Gasteiger partial charge in [-0.3, -0.25) is 14.6 Å². The third-order valence-corrected chi connectivity index (χ3v) is 4.83. The number of aromatic nitrogens is 1. The molecule has 0 aliphatic carbocycles. The second-order valence-corrected chi connectivity index (χ2v) is 7.27. The van der Waals surface area contributed by atoms with Gasteiger partial charge in [0, 0.05) is 23.0 Å². The third-order valence-electron chi connectivity index (χ3n) is 4.83. The predicted octanol–water partition coefficient (Wildman–Crippen LogP) is 5.50. The lowest BCUT2D eigenvalue weighted by Gasteiger charge is -2.09. The molecule has 0 spiro atoms. The fourth-order valence-corrected chi connectivity index (χ4v) is 3.18. The zero-order chi connectivity index (χ0) is 22.9. The van der Waals surface area contributed by atoms with Crippen molar-refractivity contribution in [3.8, 4) is 5.75 Å². The van der Waals surface area contributed by atoms with Crippen LogP contribution in [-0.2, 0) is 4.79 Å². The van der Waals surface area contributed by atoms with Crippen molar-refractivity contribution in [3.05, 3.63) is 126 Å².